The number of nitrogens with one attached hydrogen (secondary N) is 2. The number of hydrogen-bond acceptors (Lipinski definition) is 6. The number of hydrogen-bond donors (Lipinski definition) is 2. The van der Waals surface area contributed by atoms with Gasteiger partial charge in [-0.3, -0.25) is 10.1 Å². The van der Waals surface area contributed by atoms with Crippen molar-refractivity contribution >= 4 is 45.5 Å². The van der Waals surface area contributed by atoms with Crippen LogP contribution in [0.2, 0.25) is 0 Å². The van der Waals surface area contributed by atoms with Crippen molar-refractivity contribution in [3.05, 3.63) is 45.8 Å². The van der Waals surface area contributed by atoms with E-state index in [0.717, 1.165) is 24.8 Å². The number of thiophene rings is 1. The Morgan fingerprint density at radius 2 is 1.90 bits per heavy atom. The van der Waals surface area contributed by atoms with Gasteiger partial charge in [0.05, 0.1) is 25.3 Å². The summed E-state index contributed by atoms with van der Waals surface area (Å²) < 4.78 is 10.3. The number of para-hydroxylation sites is 1. The SMILES string of the molecule is COC(=O)c1c(NC(=S)NC(=O)c2ccccc2OC)sc2c1CCC(C(C)(C)C)C2. The molecule has 0 fully saturated rings. The van der Waals surface area contributed by atoms with E-state index in [2.05, 4.69) is 31.4 Å². The van der Waals surface area contributed by atoms with Crippen molar-refractivity contribution in [3.63, 3.8) is 0 Å². The molecule has 3 rings (SSSR count). The topological polar surface area (TPSA) is 76.7 Å². The van der Waals surface area contributed by atoms with E-state index in [9.17, 15) is 9.59 Å². The smallest absolute Gasteiger partial charge is 0.341 e. The number of amides is 1. The normalized spacial score (nSPS) is 15.6. The number of ether oxygens (including phenoxy) is 2. The van der Waals surface area contributed by atoms with Crippen LogP contribution in [0.3, 0.4) is 0 Å². The molecule has 1 aliphatic rings. The van der Waals surface area contributed by atoms with Crippen LogP contribution < -0.4 is 15.4 Å². The first-order valence-corrected chi connectivity index (χ1v) is 11.4. The molecule has 1 aliphatic carbocycles. The largest absolute Gasteiger partial charge is 0.496 e. The Morgan fingerprint density at radius 1 is 1.19 bits per heavy atom. The van der Waals surface area contributed by atoms with Gasteiger partial charge in [-0.1, -0.05) is 32.9 Å². The number of methoxy groups -OCH3 is 2. The molecule has 6 nitrogen and oxygen atoms in total. The first-order valence-electron chi connectivity index (χ1n) is 10.1. The molecule has 2 N–H and O–H groups in total. The summed E-state index contributed by atoms with van der Waals surface area (Å²) in [5.74, 6) is 0.212. The number of fused-ring (bicyclic) bond motifs is 1. The number of carbonyl (C=O) groups is 2. The van der Waals surface area contributed by atoms with Crippen molar-refractivity contribution in [1.29, 1.82) is 0 Å². The predicted molar refractivity (Wildman–Crippen MR) is 127 cm³/mol. The highest BCUT2D eigenvalue weighted by atomic mass is 32.1. The van der Waals surface area contributed by atoms with E-state index < -0.39 is 5.97 Å². The maximum Gasteiger partial charge on any atom is 0.341 e. The van der Waals surface area contributed by atoms with Gasteiger partial charge in [0.25, 0.3) is 5.91 Å². The van der Waals surface area contributed by atoms with Crippen molar-refractivity contribution in [2.45, 2.75) is 40.0 Å². The maximum atomic E-state index is 12.6. The zero-order valence-electron chi connectivity index (χ0n) is 18.5. The average molecular weight is 461 g/mol. The molecule has 0 saturated carbocycles. The van der Waals surface area contributed by atoms with Crippen molar-refractivity contribution in [2.75, 3.05) is 19.5 Å². The molecular formula is C23H28N2O4S2. The highest BCUT2D eigenvalue weighted by Crippen LogP contribution is 2.44. The van der Waals surface area contributed by atoms with E-state index in [1.807, 2.05) is 0 Å². The van der Waals surface area contributed by atoms with E-state index in [1.54, 1.807) is 24.3 Å². The van der Waals surface area contributed by atoms with Gasteiger partial charge in [-0.25, -0.2) is 4.79 Å². The van der Waals surface area contributed by atoms with E-state index >= 15 is 0 Å². The molecule has 1 atom stereocenters. The standard InChI is InChI=1S/C23H28N2O4S2/c1-23(2,3)13-10-11-15-17(12-13)31-20(18(15)21(27)29-5)25-22(30)24-19(26)14-8-6-7-9-16(14)28-4/h6-9,13H,10-12H2,1-5H3,(H2,24,25,26,30). The van der Waals surface area contributed by atoms with Crippen LogP contribution in [0.15, 0.2) is 24.3 Å². The Balaban J connectivity index is 1.82. The molecular weight excluding hydrogens is 432 g/mol. The minimum atomic E-state index is -0.395. The van der Waals surface area contributed by atoms with E-state index in [1.165, 1.54) is 30.4 Å². The van der Waals surface area contributed by atoms with Crippen LogP contribution in [0.25, 0.3) is 0 Å². The Hall–Kier alpha value is -2.45. The fourth-order valence-electron chi connectivity index (χ4n) is 3.87. The second-order valence-electron chi connectivity index (χ2n) is 8.61. The third-order valence-corrected chi connectivity index (χ3v) is 7.06. The zero-order valence-corrected chi connectivity index (χ0v) is 20.1. The second kappa shape index (κ2) is 9.36. The van der Waals surface area contributed by atoms with Gasteiger partial charge in [0.2, 0.25) is 0 Å². The molecule has 0 aliphatic heterocycles. The fraction of sp³-hybridized carbons (Fsp3) is 0.435. The highest BCUT2D eigenvalue weighted by Gasteiger charge is 2.34. The van der Waals surface area contributed by atoms with Gasteiger partial charge in [0.15, 0.2) is 5.11 Å². The number of carbonyl (C=O) groups excluding carboxylic acids is 2. The van der Waals surface area contributed by atoms with Crippen LogP contribution in [0.5, 0.6) is 5.75 Å². The average Bonchev–Trinajstić information content (AvgIpc) is 3.09. The molecule has 0 saturated heterocycles. The molecule has 31 heavy (non-hydrogen) atoms. The molecule has 8 heteroatoms. The minimum Gasteiger partial charge on any atom is -0.496 e. The first-order chi connectivity index (χ1) is 14.7. The quantitative estimate of drug-likeness (QED) is 0.503. The monoisotopic (exact) mass is 460 g/mol. The summed E-state index contributed by atoms with van der Waals surface area (Å²) in [4.78, 5) is 26.4. The molecule has 0 radical (unpaired) electrons. The fourth-order valence-corrected chi connectivity index (χ4v) is 5.45. The Labute approximate surface area is 192 Å². The molecule has 0 bridgehead atoms. The highest BCUT2D eigenvalue weighted by molar-refractivity contribution is 7.80. The summed E-state index contributed by atoms with van der Waals surface area (Å²) >= 11 is 6.88. The number of rotatable bonds is 4. The van der Waals surface area contributed by atoms with E-state index in [0.29, 0.717) is 27.8 Å². The van der Waals surface area contributed by atoms with Crippen molar-refractivity contribution in [3.8, 4) is 5.75 Å². The van der Waals surface area contributed by atoms with Crippen molar-refractivity contribution in [2.24, 2.45) is 11.3 Å². The molecule has 2 aromatic rings. The summed E-state index contributed by atoms with van der Waals surface area (Å²) in [6, 6.07) is 6.91. The number of esters is 1. The summed E-state index contributed by atoms with van der Waals surface area (Å²) in [6.45, 7) is 6.75. The van der Waals surface area contributed by atoms with Gasteiger partial charge in [-0.05, 0) is 60.5 Å². The van der Waals surface area contributed by atoms with Gasteiger partial charge in [-0.15, -0.1) is 11.3 Å². The summed E-state index contributed by atoms with van der Waals surface area (Å²) in [7, 11) is 2.88. The van der Waals surface area contributed by atoms with E-state index in [-0.39, 0.29) is 16.4 Å². The third kappa shape index (κ3) is 5.07. The number of benzene rings is 1. The van der Waals surface area contributed by atoms with Crippen molar-refractivity contribution in [1.82, 2.24) is 5.32 Å². The molecule has 1 aromatic heterocycles. The Bertz CT molecular complexity index is 1010. The first kappa shape index (κ1) is 23.2. The van der Waals surface area contributed by atoms with Gasteiger partial charge >= 0.3 is 5.97 Å². The van der Waals surface area contributed by atoms with Gasteiger partial charge in [0, 0.05) is 4.88 Å². The summed E-state index contributed by atoms with van der Waals surface area (Å²) in [5, 5.41) is 6.45. The molecule has 0 spiro atoms. The van der Waals surface area contributed by atoms with Crippen LogP contribution in [0.1, 0.15) is 58.3 Å². The lowest BCUT2D eigenvalue weighted by molar-refractivity contribution is 0.0600. The Morgan fingerprint density at radius 3 is 2.55 bits per heavy atom. The number of thiocarbonyl (C=S) groups is 1. The molecule has 1 unspecified atom stereocenters. The molecule has 1 aromatic carbocycles. The zero-order chi connectivity index (χ0) is 22.8. The predicted octanol–water partition coefficient (Wildman–Crippen LogP) is 4.82. The maximum absolute atomic E-state index is 12.6. The van der Waals surface area contributed by atoms with Crippen LogP contribution >= 0.6 is 23.6 Å². The number of anilines is 1. The molecule has 1 amide bonds. The lowest BCUT2D eigenvalue weighted by Gasteiger charge is -2.33. The van der Waals surface area contributed by atoms with Crippen LogP contribution in [0.4, 0.5) is 5.00 Å². The van der Waals surface area contributed by atoms with Gasteiger partial charge < -0.3 is 14.8 Å². The summed E-state index contributed by atoms with van der Waals surface area (Å²) in [5.41, 5.74) is 2.11. The van der Waals surface area contributed by atoms with Crippen LogP contribution in [0, 0.1) is 11.3 Å². The molecule has 1 heterocycles. The second-order valence-corrected chi connectivity index (χ2v) is 10.1. The van der Waals surface area contributed by atoms with Crippen molar-refractivity contribution < 1.29 is 19.1 Å². The van der Waals surface area contributed by atoms with Gasteiger partial charge in [-0.2, -0.15) is 0 Å². The molecule has 166 valence electrons. The van der Waals surface area contributed by atoms with Crippen LogP contribution in [-0.4, -0.2) is 31.2 Å². The minimum absolute atomic E-state index is 0.118. The lowest BCUT2D eigenvalue weighted by Crippen LogP contribution is -2.34. The van der Waals surface area contributed by atoms with E-state index in [4.69, 9.17) is 21.7 Å². The third-order valence-electron chi connectivity index (χ3n) is 5.69. The van der Waals surface area contributed by atoms with Gasteiger partial charge in [0.1, 0.15) is 10.8 Å². The van der Waals surface area contributed by atoms with Crippen LogP contribution in [-0.2, 0) is 17.6 Å². The Kier molecular flexibility index (Phi) is 7.01. The summed E-state index contributed by atoms with van der Waals surface area (Å²) in [6.07, 6.45) is 2.75. The lowest BCUT2D eigenvalue weighted by atomic mass is 9.72.